The van der Waals surface area contributed by atoms with Crippen molar-refractivity contribution < 1.29 is 18.0 Å². The molecule has 156 valence electrons. The molecule has 29 heavy (non-hydrogen) atoms. The van der Waals surface area contributed by atoms with Gasteiger partial charge in [-0.15, -0.1) is 0 Å². The molecule has 7 heteroatoms. The van der Waals surface area contributed by atoms with Gasteiger partial charge in [0.05, 0.1) is 4.90 Å². The number of sulfonamides is 1. The van der Waals surface area contributed by atoms with E-state index in [1.807, 2.05) is 19.1 Å². The maximum Gasteiger partial charge on any atom is 0.243 e. The number of nitrogens with zero attached hydrogens (tertiary/aromatic N) is 1. The summed E-state index contributed by atoms with van der Waals surface area (Å²) >= 11 is 0. The van der Waals surface area contributed by atoms with Crippen LogP contribution in [0.5, 0.6) is 0 Å². The van der Waals surface area contributed by atoms with E-state index >= 15 is 0 Å². The van der Waals surface area contributed by atoms with Crippen LogP contribution in [0.25, 0.3) is 0 Å². The SMILES string of the molecule is CCN(CC)S(=O)(=O)c1ccc(CNC(=O)CCC(=O)c2ccc(C)cc2)cc1. The van der Waals surface area contributed by atoms with Crippen LogP contribution in [0.3, 0.4) is 0 Å². The Labute approximate surface area is 173 Å². The number of Topliss-reactive ketones (excluding diaryl/α,β-unsaturated/α-hetero) is 1. The average molecular weight is 417 g/mol. The third-order valence-electron chi connectivity index (χ3n) is 4.71. The molecule has 0 saturated carbocycles. The summed E-state index contributed by atoms with van der Waals surface area (Å²) in [5.74, 6) is -0.281. The predicted octanol–water partition coefficient (Wildman–Crippen LogP) is 3.30. The first kappa shape index (κ1) is 22.8. The molecular weight excluding hydrogens is 388 g/mol. The molecule has 0 fully saturated rings. The molecule has 2 aromatic carbocycles. The van der Waals surface area contributed by atoms with Crippen molar-refractivity contribution in [3.63, 3.8) is 0 Å². The number of carbonyl (C=O) groups excluding carboxylic acids is 2. The van der Waals surface area contributed by atoms with E-state index < -0.39 is 10.0 Å². The van der Waals surface area contributed by atoms with Crippen LogP contribution >= 0.6 is 0 Å². The molecule has 0 atom stereocenters. The summed E-state index contributed by atoms with van der Waals surface area (Å²) in [6.07, 6.45) is 0.261. The number of nitrogens with one attached hydrogen (secondary N) is 1. The molecule has 0 aromatic heterocycles. The van der Waals surface area contributed by atoms with Gasteiger partial charge in [-0.3, -0.25) is 9.59 Å². The van der Waals surface area contributed by atoms with E-state index in [0.29, 0.717) is 18.7 Å². The number of carbonyl (C=O) groups is 2. The Balaban J connectivity index is 1.86. The van der Waals surface area contributed by atoms with E-state index in [4.69, 9.17) is 0 Å². The first-order valence-corrected chi connectivity index (χ1v) is 11.2. The van der Waals surface area contributed by atoms with Crippen molar-refractivity contribution in [2.24, 2.45) is 0 Å². The first-order valence-electron chi connectivity index (χ1n) is 9.73. The summed E-state index contributed by atoms with van der Waals surface area (Å²) in [5.41, 5.74) is 2.48. The second kappa shape index (κ2) is 10.3. The molecule has 1 amide bonds. The van der Waals surface area contributed by atoms with Crippen molar-refractivity contribution in [2.75, 3.05) is 13.1 Å². The molecule has 0 heterocycles. The van der Waals surface area contributed by atoms with Gasteiger partial charge in [0.15, 0.2) is 5.78 Å². The minimum atomic E-state index is -3.49. The van der Waals surface area contributed by atoms with Crippen LogP contribution in [-0.4, -0.2) is 37.5 Å². The highest BCUT2D eigenvalue weighted by molar-refractivity contribution is 7.89. The highest BCUT2D eigenvalue weighted by Gasteiger charge is 2.21. The van der Waals surface area contributed by atoms with Gasteiger partial charge in [0.25, 0.3) is 0 Å². The van der Waals surface area contributed by atoms with Crippen LogP contribution in [-0.2, 0) is 21.4 Å². The van der Waals surface area contributed by atoms with E-state index in [1.165, 1.54) is 4.31 Å². The Bertz CT molecular complexity index is 932. The molecule has 2 rings (SSSR count). The summed E-state index contributed by atoms with van der Waals surface area (Å²) in [7, 11) is -3.49. The quantitative estimate of drug-likeness (QED) is 0.603. The Morgan fingerprint density at radius 3 is 2.03 bits per heavy atom. The number of rotatable bonds is 10. The molecule has 0 aliphatic rings. The lowest BCUT2D eigenvalue weighted by atomic mass is 10.0. The van der Waals surface area contributed by atoms with Crippen LogP contribution in [0.2, 0.25) is 0 Å². The zero-order chi connectivity index (χ0) is 21.4. The molecule has 0 unspecified atom stereocenters. The molecule has 6 nitrogen and oxygen atoms in total. The van der Waals surface area contributed by atoms with Gasteiger partial charge < -0.3 is 5.32 Å². The van der Waals surface area contributed by atoms with Crippen LogP contribution < -0.4 is 5.32 Å². The van der Waals surface area contributed by atoms with Crippen molar-refractivity contribution >= 4 is 21.7 Å². The van der Waals surface area contributed by atoms with Crippen LogP contribution in [0.1, 0.15) is 48.2 Å². The molecule has 0 spiro atoms. The number of benzene rings is 2. The van der Waals surface area contributed by atoms with Crippen LogP contribution in [0, 0.1) is 6.92 Å². The van der Waals surface area contributed by atoms with Crippen molar-refractivity contribution in [1.82, 2.24) is 9.62 Å². The lowest BCUT2D eigenvalue weighted by Crippen LogP contribution is -2.30. The molecule has 2 aromatic rings. The maximum atomic E-state index is 12.5. The lowest BCUT2D eigenvalue weighted by molar-refractivity contribution is -0.121. The van der Waals surface area contributed by atoms with E-state index in [0.717, 1.165) is 11.1 Å². The molecule has 1 N–H and O–H groups in total. The molecule has 0 aliphatic heterocycles. The lowest BCUT2D eigenvalue weighted by Gasteiger charge is -2.18. The summed E-state index contributed by atoms with van der Waals surface area (Å²) in [6, 6.07) is 13.8. The highest BCUT2D eigenvalue weighted by Crippen LogP contribution is 2.16. The number of hydrogen-bond donors (Lipinski definition) is 1. The van der Waals surface area contributed by atoms with Gasteiger partial charge in [0.2, 0.25) is 15.9 Å². The fourth-order valence-electron chi connectivity index (χ4n) is 2.89. The van der Waals surface area contributed by atoms with E-state index in [9.17, 15) is 18.0 Å². The fourth-order valence-corrected chi connectivity index (χ4v) is 4.35. The van der Waals surface area contributed by atoms with Crippen LogP contribution in [0.4, 0.5) is 0 Å². The predicted molar refractivity (Wildman–Crippen MR) is 113 cm³/mol. The zero-order valence-corrected chi connectivity index (χ0v) is 18.0. The Morgan fingerprint density at radius 1 is 0.897 bits per heavy atom. The highest BCUT2D eigenvalue weighted by atomic mass is 32.2. The number of amides is 1. The topological polar surface area (TPSA) is 83.6 Å². The minimum absolute atomic E-state index is 0.0638. The first-order chi connectivity index (χ1) is 13.8. The van der Waals surface area contributed by atoms with Crippen molar-refractivity contribution in [1.29, 1.82) is 0 Å². The smallest absolute Gasteiger partial charge is 0.243 e. The van der Waals surface area contributed by atoms with Gasteiger partial charge >= 0.3 is 0 Å². The van der Waals surface area contributed by atoms with Crippen LogP contribution in [0.15, 0.2) is 53.4 Å². The Hall–Kier alpha value is -2.51. The molecule has 0 aliphatic carbocycles. The van der Waals surface area contributed by atoms with Crippen molar-refractivity contribution in [3.8, 4) is 0 Å². The molecule has 0 saturated heterocycles. The third-order valence-corrected chi connectivity index (χ3v) is 6.77. The minimum Gasteiger partial charge on any atom is -0.352 e. The zero-order valence-electron chi connectivity index (χ0n) is 17.1. The largest absolute Gasteiger partial charge is 0.352 e. The molecular formula is C22H28N2O4S. The standard InChI is InChI=1S/C22H28N2O4S/c1-4-24(5-2)29(27,28)20-12-8-18(9-13-20)16-23-22(26)15-14-21(25)19-10-6-17(3)7-11-19/h6-13H,4-5,14-16H2,1-3H3,(H,23,26). The van der Waals surface area contributed by atoms with Gasteiger partial charge in [-0.2, -0.15) is 4.31 Å². The van der Waals surface area contributed by atoms with Gasteiger partial charge in [-0.05, 0) is 24.6 Å². The van der Waals surface area contributed by atoms with Crippen molar-refractivity contribution in [2.45, 2.75) is 45.1 Å². The number of hydrogen-bond acceptors (Lipinski definition) is 4. The van der Waals surface area contributed by atoms with Gasteiger partial charge in [-0.1, -0.05) is 55.8 Å². The molecule has 0 radical (unpaired) electrons. The summed E-state index contributed by atoms with van der Waals surface area (Å²) < 4.78 is 26.4. The Kier molecular flexibility index (Phi) is 8.10. The monoisotopic (exact) mass is 416 g/mol. The van der Waals surface area contributed by atoms with E-state index in [1.54, 1.807) is 50.2 Å². The fraction of sp³-hybridized carbons (Fsp3) is 0.364. The second-order valence-electron chi connectivity index (χ2n) is 6.80. The summed E-state index contributed by atoms with van der Waals surface area (Å²) in [4.78, 5) is 24.4. The Morgan fingerprint density at radius 2 is 1.48 bits per heavy atom. The van der Waals surface area contributed by atoms with E-state index in [-0.39, 0.29) is 36.0 Å². The van der Waals surface area contributed by atoms with E-state index in [2.05, 4.69) is 5.32 Å². The summed E-state index contributed by atoms with van der Waals surface area (Å²) in [6.45, 7) is 6.66. The molecule has 0 bridgehead atoms. The number of ketones is 1. The van der Waals surface area contributed by atoms with Crippen molar-refractivity contribution in [3.05, 3.63) is 65.2 Å². The van der Waals surface area contributed by atoms with Gasteiger partial charge in [0, 0.05) is 38.0 Å². The maximum absolute atomic E-state index is 12.5. The van der Waals surface area contributed by atoms with Gasteiger partial charge in [0.1, 0.15) is 0 Å². The van der Waals surface area contributed by atoms with Gasteiger partial charge in [-0.25, -0.2) is 8.42 Å². The average Bonchev–Trinajstić information content (AvgIpc) is 2.72. The number of aryl methyl sites for hydroxylation is 1. The normalized spacial score (nSPS) is 11.4. The third kappa shape index (κ3) is 6.24. The second-order valence-corrected chi connectivity index (χ2v) is 8.74. The summed E-state index contributed by atoms with van der Waals surface area (Å²) in [5, 5.41) is 2.77.